The molecule has 122 valence electrons. The summed E-state index contributed by atoms with van der Waals surface area (Å²) in [5.74, 6) is -0.0893. The summed E-state index contributed by atoms with van der Waals surface area (Å²) in [6.07, 6.45) is 1.40. The van der Waals surface area contributed by atoms with Gasteiger partial charge in [-0.1, -0.05) is 30.3 Å². The zero-order chi connectivity index (χ0) is 15.8. The van der Waals surface area contributed by atoms with Crippen molar-refractivity contribution in [2.75, 3.05) is 39.5 Å². The van der Waals surface area contributed by atoms with Gasteiger partial charge in [0, 0.05) is 13.2 Å². The normalized spacial score (nSPS) is 17.4. The highest BCUT2D eigenvalue weighted by atomic mass is 16.5. The number of carbonyl (C=O) groups excluding carboxylic acids is 1. The molecule has 0 bridgehead atoms. The number of benzene rings is 1. The van der Waals surface area contributed by atoms with Gasteiger partial charge in [0.25, 0.3) is 0 Å². The molecular weight excluding hydrogens is 278 g/mol. The largest absolute Gasteiger partial charge is 0.459 e. The summed E-state index contributed by atoms with van der Waals surface area (Å²) in [4.78, 5) is 14.2. The molecule has 4 nitrogen and oxygen atoms in total. The first-order valence-electron chi connectivity index (χ1n) is 8.37. The summed E-state index contributed by atoms with van der Waals surface area (Å²) in [7, 11) is 0. The molecular formula is C18H28NO3+. The van der Waals surface area contributed by atoms with E-state index in [2.05, 4.69) is 13.8 Å². The van der Waals surface area contributed by atoms with Crippen molar-refractivity contribution in [2.24, 2.45) is 0 Å². The van der Waals surface area contributed by atoms with Gasteiger partial charge in [-0.25, -0.2) is 0 Å². The Morgan fingerprint density at radius 2 is 1.82 bits per heavy atom. The smallest absolute Gasteiger partial charge is 0.316 e. The van der Waals surface area contributed by atoms with Crippen molar-refractivity contribution in [1.82, 2.24) is 0 Å². The number of rotatable bonds is 7. The molecule has 1 aliphatic heterocycles. The molecule has 1 aromatic carbocycles. The number of nitrogens with one attached hydrogen (secondary N) is 1. The van der Waals surface area contributed by atoms with Crippen LogP contribution in [0.25, 0.3) is 0 Å². The van der Waals surface area contributed by atoms with Crippen LogP contribution in [0.15, 0.2) is 30.3 Å². The fraction of sp³-hybridized carbons (Fsp3) is 0.611. The molecule has 1 heterocycles. The van der Waals surface area contributed by atoms with Crippen LogP contribution in [-0.4, -0.2) is 45.4 Å². The summed E-state index contributed by atoms with van der Waals surface area (Å²) in [5, 5.41) is 0. The Bertz CT molecular complexity index is 451. The SMILES string of the molecule is CC[NH+](CC)CCOC(=O)C1(c2ccccc2)CCOCC1. The molecule has 1 fully saturated rings. The second-order valence-electron chi connectivity index (χ2n) is 5.90. The lowest BCUT2D eigenvalue weighted by atomic mass is 9.74. The van der Waals surface area contributed by atoms with Gasteiger partial charge in [-0.2, -0.15) is 0 Å². The predicted octanol–water partition coefficient (Wildman–Crippen LogP) is 1.20. The average Bonchev–Trinajstić information content (AvgIpc) is 2.60. The Morgan fingerprint density at radius 3 is 2.41 bits per heavy atom. The van der Waals surface area contributed by atoms with E-state index >= 15 is 0 Å². The zero-order valence-electron chi connectivity index (χ0n) is 13.8. The van der Waals surface area contributed by atoms with Crippen LogP contribution < -0.4 is 4.90 Å². The molecule has 0 spiro atoms. The number of esters is 1. The maximum absolute atomic E-state index is 12.8. The summed E-state index contributed by atoms with van der Waals surface area (Å²) >= 11 is 0. The van der Waals surface area contributed by atoms with Gasteiger partial charge in [-0.05, 0) is 32.3 Å². The van der Waals surface area contributed by atoms with Gasteiger partial charge in [-0.15, -0.1) is 0 Å². The van der Waals surface area contributed by atoms with Crippen LogP contribution in [0.1, 0.15) is 32.3 Å². The van der Waals surface area contributed by atoms with E-state index in [0.717, 1.165) is 25.2 Å². The minimum atomic E-state index is -0.530. The highest BCUT2D eigenvalue weighted by molar-refractivity contribution is 5.83. The maximum atomic E-state index is 12.8. The predicted molar refractivity (Wildman–Crippen MR) is 86.0 cm³/mol. The Morgan fingerprint density at radius 1 is 1.18 bits per heavy atom. The van der Waals surface area contributed by atoms with Gasteiger partial charge in [0.1, 0.15) is 13.2 Å². The van der Waals surface area contributed by atoms with E-state index in [1.807, 2.05) is 30.3 Å². The van der Waals surface area contributed by atoms with Crippen LogP contribution in [0.5, 0.6) is 0 Å². The van der Waals surface area contributed by atoms with E-state index in [4.69, 9.17) is 9.47 Å². The van der Waals surface area contributed by atoms with Crippen LogP contribution >= 0.6 is 0 Å². The van der Waals surface area contributed by atoms with Crippen LogP contribution in [-0.2, 0) is 19.7 Å². The minimum Gasteiger partial charge on any atom is -0.459 e. The van der Waals surface area contributed by atoms with Gasteiger partial charge in [0.2, 0.25) is 0 Å². The molecule has 0 atom stereocenters. The van der Waals surface area contributed by atoms with Crippen LogP contribution in [0, 0.1) is 0 Å². The van der Waals surface area contributed by atoms with E-state index in [9.17, 15) is 4.79 Å². The lowest BCUT2D eigenvalue weighted by Crippen LogP contribution is -3.11. The van der Waals surface area contributed by atoms with E-state index in [0.29, 0.717) is 32.7 Å². The molecule has 22 heavy (non-hydrogen) atoms. The third kappa shape index (κ3) is 3.87. The monoisotopic (exact) mass is 306 g/mol. The number of ether oxygens (including phenoxy) is 2. The third-order valence-electron chi connectivity index (χ3n) is 4.75. The molecule has 0 radical (unpaired) electrons. The van der Waals surface area contributed by atoms with E-state index in [-0.39, 0.29) is 5.97 Å². The summed E-state index contributed by atoms with van der Waals surface area (Å²) in [5.41, 5.74) is 0.524. The summed E-state index contributed by atoms with van der Waals surface area (Å²) < 4.78 is 11.1. The summed E-state index contributed by atoms with van der Waals surface area (Å²) in [6.45, 7) is 9.04. The average molecular weight is 306 g/mol. The molecule has 0 amide bonds. The Hall–Kier alpha value is -1.39. The second kappa shape index (κ2) is 8.30. The lowest BCUT2D eigenvalue weighted by molar-refractivity contribution is -0.896. The first kappa shape index (κ1) is 17.0. The fourth-order valence-corrected chi connectivity index (χ4v) is 3.12. The Labute approximate surface area is 133 Å². The molecule has 0 saturated carbocycles. The highest BCUT2D eigenvalue weighted by Gasteiger charge is 2.43. The second-order valence-corrected chi connectivity index (χ2v) is 5.90. The number of hydrogen-bond acceptors (Lipinski definition) is 3. The van der Waals surface area contributed by atoms with Crippen molar-refractivity contribution in [1.29, 1.82) is 0 Å². The molecule has 0 aromatic heterocycles. The van der Waals surface area contributed by atoms with E-state index < -0.39 is 5.41 Å². The molecule has 0 unspecified atom stereocenters. The van der Waals surface area contributed by atoms with Crippen molar-refractivity contribution in [3.05, 3.63) is 35.9 Å². The van der Waals surface area contributed by atoms with E-state index in [1.54, 1.807) is 0 Å². The van der Waals surface area contributed by atoms with Crippen molar-refractivity contribution < 1.29 is 19.2 Å². The third-order valence-corrected chi connectivity index (χ3v) is 4.75. The Kier molecular flexibility index (Phi) is 6.40. The van der Waals surface area contributed by atoms with Gasteiger partial charge >= 0.3 is 5.97 Å². The quantitative estimate of drug-likeness (QED) is 0.770. The number of hydrogen-bond donors (Lipinski definition) is 1. The fourth-order valence-electron chi connectivity index (χ4n) is 3.12. The lowest BCUT2D eigenvalue weighted by Gasteiger charge is -2.35. The minimum absolute atomic E-state index is 0.0893. The van der Waals surface area contributed by atoms with Crippen molar-refractivity contribution >= 4 is 5.97 Å². The van der Waals surface area contributed by atoms with Gasteiger partial charge in [0.05, 0.1) is 18.5 Å². The van der Waals surface area contributed by atoms with Crippen molar-refractivity contribution in [3.8, 4) is 0 Å². The van der Waals surface area contributed by atoms with Crippen LogP contribution in [0.4, 0.5) is 0 Å². The first-order chi connectivity index (χ1) is 10.7. The summed E-state index contributed by atoms with van der Waals surface area (Å²) in [6, 6.07) is 10.0. The Balaban J connectivity index is 2.04. The van der Waals surface area contributed by atoms with Crippen LogP contribution in [0.3, 0.4) is 0 Å². The van der Waals surface area contributed by atoms with Gasteiger partial charge in [0.15, 0.2) is 0 Å². The van der Waals surface area contributed by atoms with E-state index in [1.165, 1.54) is 4.90 Å². The molecule has 4 heteroatoms. The molecule has 1 N–H and O–H groups in total. The topological polar surface area (TPSA) is 40.0 Å². The molecule has 2 rings (SSSR count). The van der Waals surface area contributed by atoms with Gasteiger partial charge in [-0.3, -0.25) is 4.79 Å². The maximum Gasteiger partial charge on any atom is 0.316 e. The number of carbonyl (C=O) groups is 1. The van der Waals surface area contributed by atoms with Gasteiger partial charge < -0.3 is 14.4 Å². The first-order valence-corrected chi connectivity index (χ1v) is 8.37. The number of likely N-dealkylation sites (N-methyl/N-ethyl adjacent to an activating group) is 1. The highest BCUT2D eigenvalue weighted by Crippen LogP contribution is 2.36. The van der Waals surface area contributed by atoms with Crippen molar-refractivity contribution in [3.63, 3.8) is 0 Å². The molecule has 1 aliphatic rings. The zero-order valence-corrected chi connectivity index (χ0v) is 13.8. The number of quaternary nitrogens is 1. The molecule has 1 saturated heterocycles. The molecule has 0 aliphatic carbocycles. The standard InChI is InChI=1S/C18H27NO3/c1-3-19(4-2)12-15-22-17(20)18(10-13-21-14-11-18)16-8-6-5-7-9-16/h5-9H,3-4,10-15H2,1-2H3/p+1. The molecule has 1 aromatic rings. The van der Waals surface area contributed by atoms with Crippen LogP contribution in [0.2, 0.25) is 0 Å². The van der Waals surface area contributed by atoms with Crippen molar-refractivity contribution in [2.45, 2.75) is 32.1 Å².